The second-order valence-corrected chi connectivity index (χ2v) is 4.03. The molecule has 0 aromatic heterocycles. The first-order valence-corrected chi connectivity index (χ1v) is 4.90. The zero-order chi connectivity index (χ0) is 10.1. The van der Waals surface area contributed by atoms with E-state index in [-0.39, 0.29) is 24.5 Å². The van der Waals surface area contributed by atoms with Crippen LogP contribution < -0.4 is 11.1 Å². The fourth-order valence-electron chi connectivity index (χ4n) is 1.88. The molecular weight excluding hydrogens is 184 g/mol. The molecule has 2 atom stereocenters. The van der Waals surface area contributed by atoms with E-state index < -0.39 is 6.09 Å². The molecule has 1 aliphatic heterocycles. The zero-order valence-electron chi connectivity index (χ0n) is 7.86. The molecule has 0 unspecified atom stereocenters. The Balaban J connectivity index is 1.90. The van der Waals surface area contributed by atoms with Crippen LogP contribution in [-0.4, -0.2) is 24.1 Å². The summed E-state index contributed by atoms with van der Waals surface area (Å²) in [5.41, 5.74) is 4.93. The molecule has 0 radical (unpaired) electrons. The number of carbonyl (C=O) groups is 2. The van der Waals surface area contributed by atoms with Crippen LogP contribution in [0.3, 0.4) is 0 Å². The highest BCUT2D eigenvalue weighted by molar-refractivity contribution is 5.80. The van der Waals surface area contributed by atoms with Crippen molar-refractivity contribution in [1.29, 1.82) is 0 Å². The molecule has 14 heavy (non-hydrogen) atoms. The lowest BCUT2D eigenvalue weighted by atomic mass is 10.1. The van der Waals surface area contributed by atoms with E-state index in [2.05, 4.69) is 5.32 Å². The smallest absolute Gasteiger partial charge is 0.404 e. The molecule has 2 rings (SSSR count). The van der Waals surface area contributed by atoms with E-state index in [1.807, 2.05) is 0 Å². The predicted octanol–water partition coefficient (Wildman–Crippen LogP) is 0.139. The van der Waals surface area contributed by atoms with E-state index in [1.54, 1.807) is 0 Å². The van der Waals surface area contributed by atoms with Gasteiger partial charge in [0, 0.05) is 0 Å². The van der Waals surface area contributed by atoms with Gasteiger partial charge in [-0.05, 0) is 12.3 Å². The summed E-state index contributed by atoms with van der Waals surface area (Å²) in [6, 6.07) is -0.0255. The van der Waals surface area contributed by atoms with Crippen molar-refractivity contribution in [2.24, 2.45) is 11.7 Å². The quantitative estimate of drug-likeness (QED) is 0.676. The van der Waals surface area contributed by atoms with Crippen LogP contribution in [0.2, 0.25) is 0 Å². The number of hydrogen-bond donors (Lipinski definition) is 2. The highest BCUT2D eigenvalue weighted by atomic mass is 16.6. The summed E-state index contributed by atoms with van der Waals surface area (Å²) < 4.78 is 4.88. The van der Waals surface area contributed by atoms with E-state index >= 15 is 0 Å². The van der Waals surface area contributed by atoms with Gasteiger partial charge in [-0.1, -0.05) is 12.8 Å². The first kappa shape index (κ1) is 9.30. The highest BCUT2D eigenvalue weighted by Crippen LogP contribution is 2.35. The molecule has 0 spiro atoms. The van der Waals surface area contributed by atoms with E-state index in [0.717, 1.165) is 6.42 Å². The second kappa shape index (κ2) is 3.48. The van der Waals surface area contributed by atoms with Gasteiger partial charge in [0.15, 0.2) is 0 Å². The first-order valence-electron chi connectivity index (χ1n) is 4.90. The molecule has 2 amide bonds. The number of primary amides is 1. The summed E-state index contributed by atoms with van der Waals surface area (Å²) in [7, 11) is 0. The molecule has 3 N–H and O–H groups in total. The molecular formula is C9H14N2O3. The van der Waals surface area contributed by atoms with Crippen molar-refractivity contribution in [3.05, 3.63) is 0 Å². The van der Waals surface area contributed by atoms with Gasteiger partial charge in [-0.3, -0.25) is 4.79 Å². The van der Waals surface area contributed by atoms with Crippen molar-refractivity contribution in [1.82, 2.24) is 5.32 Å². The molecule has 1 aliphatic carbocycles. The first-order chi connectivity index (χ1) is 6.65. The second-order valence-electron chi connectivity index (χ2n) is 4.03. The molecule has 5 nitrogen and oxygen atoms in total. The fourth-order valence-corrected chi connectivity index (χ4v) is 1.88. The summed E-state index contributed by atoms with van der Waals surface area (Å²) in [4.78, 5) is 21.7. The molecule has 0 aromatic carbocycles. The van der Waals surface area contributed by atoms with Gasteiger partial charge in [0.2, 0.25) is 5.91 Å². The van der Waals surface area contributed by atoms with Gasteiger partial charge < -0.3 is 15.8 Å². The Morgan fingerprint density at radius 2 is 2.29 bits per heavy atom. The van der Waals surface area contributed by atoms with Crippen LogP contribution in [0.1, 0.15) is 25.7 Å². The van der Waals surface area contributed by atoms with Crippen molar-refractivity contribution < 1.29 is 14.3 Å². The van der Waals surface area contributed by atoms with Crippen molar-refractivity contribution in [2.45, 2.75) is 37.8 Å². The van der Waals surface area contributed by atoms with Gasteiger partial charge in [0.05, 0.1) is 12.5 Å². The summed E-state index contributed by atoms with van der Waals surface area (Å²) in [5.74, 6) is 0.638. The number of nitrogens with two attached hydrogens (primary N) is 1. The number of carbonyl (C=O) groups excluding carboxylic acids is 2. The summed E-state index contributed by atoms with van der Waals surface area (Å²) in [5, 5.41) is 2.81. The van der Waals surface area contributed by atoms with Gasteiger partial charge in [-0.2, -0.15) is 0 Å². The molecule has 0 aromatic rings. The van der Waals surface area contributed by atoms with Gasteiger partial charge in [-0.15, -0.1) is 0 Å². The molecule has 1 saturated carbocycles. The molecule has 1 heterocycles. The molecule has 78 valence electrons. The maximum Gasteiger partial charge on any atom is 0.404 e. The molecule has 0 bridgehead atoms. The van der Waals surface area contributed by atoms with Crippen LogP contribution in [0.15, 0.2) is 0 Å². The maximum absolute atomic E-state index is 11.1. The number of rotatable bonds is 3. The Morgan fingerprint density at radius 1 is 1.57 bits per heavy atom. The summed E-state index contributed by atoms with van der Waals surface area (Å²) >= 11 is 0. The number of nitrogens with one attached hydrogen (secondary N) is 1. The zero-order valence-corrected chi connectivity index (χ0v) is 7.86. The Labute approximate surface area is 82.0 Å². The van der Waals surface area contributed by atoms with Crippen LogP contribution in [0.4, 0.5) is 4.79 Å². The van der Waals surface area contributed by atoms with Crippen LogP contribution in [0.25, 0.3) is 0 Å². The predicted molar refractivity (Wildman–Crippen MR) is 48.3 cm³/mol. The average molecular weight is 198 g/mol. The van der Waals surface area contributed by atoms with Crippen LogP contribution >= 0.6 is 0 Å². The SMILES string of the molecule is NC(=O)O[C@@H]1CC(=O)N[C@@H]1CC1CC1. The molecule has 2 fully saturated rings. The molecule has 5 heteroatoms. The molecule has 1 saturated heterocycles. The summed E-state index contributed by atoms with van der Waals surface area (Å²) in [6.07, 6.45) is 2.43. The standard InChI is InChI=1S/C9H14N2O3/c10-9(13)14-7-4-8(12)11-6(7)3-5-1-2-5/h5-7H,1-4H2,(H2,10,13)(H,11,12)/t6-,7-/m1/s1. The molecule has 2 aliphatic rings. The monoisotopic (exact) mass is 198 g/mol. The normalized spacial score (nSPS) is 31.3. The topological polar surface area (TPSA) is 81.4 Å². The van der Waals surface area contributed by atoms with Crippen molar-refractivity contribution >= 4 is 12.0 Å². The average Bonchev–Trinajstić information content (AvgIpc) is 2.79. The fraction of sp³-hybridized carbons (Fsp3) is 0.778. The Morgan fingerprint density at radius 3 is 2.86 bits per heavy atom. The minimum absolute atomic E-state index is 0.0255. The largest absolute Gasteiger partial charge is 0.444 e. The van der Waals surface area contributed by atoms with Gasteiger partial charge in [0.25, 0.3) is 0 Å². The van der Waals surface area contributed by atoms with Crippen molar-refractivity contribution in [2.75, 3.05) is 0 Å². The number of amides is 2. The van der Waals surface area contributed by atoms with Gasteiger partial charge in [-0.25, -0.2) is 4.79 Å². The Hall–Kier alpha value is -1.26. The van der Waals surface area contributed by atoms with Crippen molar-refractivity contribution in [3.8, 4) is 0 Å². The lowest BCUT2D eigenvalue weighted by Crippen LogP contribution is -2.36. The Kier molecular flexibility index (Phi) is 2.31. The number of hydrogen-bond acceptors (Lipinski definition) is 3. The number of ether oxygens (including phenoxy) is 1. The van der Waals surface area contributed by atoms with Gasteiger partial charge >= 0.3 is 6.09 Å². The van der Waals surface area contributed by atoms with Crippen molar-refractivity contribution in [3.63, 3.8) is 0 Å². The van der Waals surface area contributed by atoms with Gasteiger partial charge in [0.1, 0.15) is 6.10 Å². The van der Waals surface area contributed by atoms with E-state index in [4.69, 9.17) is 10.5 Å². The lowest BCUT2D eigenvalue weighted by molar-refractivity contribution is -0.119. The van der Waals surface area contributed by atoms with Crippen LogP contribution in [0, 0.1) is 5.92 Å². The highest BCUT2D eigenvalue weighted by Gasteiger charge is 2.38. The van der Waals surface area contributed by atoms with E-state index in [0.29, 0.717) is 5.92 Å². The van der Waals surface area contributed by atoms with Crippen LogP contribution in [0.5, 0.6) is 0 Å². The maximum atomic E-state index is 11.1. The van der Waals surface area contributed by atoms with E-state index in [9.17, 15) is 9.59 Å². The van der Waals surface area contributed by atoms with E-state index in [1.165, 1.54) is 12.8 Å². The lowest BCUT2D eigenvalue weighted by Gasteiger charge is -2.17. The third kappa shape index (κ3) is 2.16. The minimum Gasteiger partial charge on any atom is -0.444 e. The minimum atomic E-state index is -0.799. The third-order valence-corrected chi connectivity index (χ3v) is 2.73. The van der Waals surface area contributed by atoms with Crippen LogP contribution in [-0.2, 0) is 9.53 Å². The summed E-state index contributed by atoms with van der Waals surface area (Å²) in [6.45, 7) is 0. The third-order valence-electron chi connectivity index (χ3n) is 2.73. The Bertz CT molecular complexity index is 263.